The summed E-state index contributed by atoms with van der Waals surface area (Å²) >= 11 is 12.7. The van der Waals surface area contributed by atoms with E-state index in [4.69, 9.17) is 23.2 Å². The van der Waals surface area contributed by atoms with E-state index in [1.54, 1.807) is 18.2 Å². The van der Waals surface area contributed by atoms with Gasteiger partial charge in [-0.2, -0.15) is 0 Å². The molecule has 3 nitrogen and oxygen atoms in total. The van der Waals surface area contributed by atoms with Crippen LogP contribution in [0.25, 0.3) is 5.70 Å². The van der Waals surface area contributed by atoms with Gasteiger partial charge in [-0.3, -0.25) is 5.32 Å². The van der Waals surface area contributed by atoms with Crippen molar-refractivity contribution in [3.05, 3.63) is 105 Å². The summed E-state index contributed by atoms with van der Waals surface area (Å²) in [6.07, 6.45) is 2.84. The van der Waals surface area contributed by atoms with E-state index in [-0.39, 0.29) is 18.0 Å². The van der Waals surface area contributed by atoms with E-state index >= 15 is 0 Å². The Labute approximate surface area is 181 Å². The standard InChI is InChI=1S/C24H22Cl2N2O/c1-2-15-7-9-16(10-8-15)21-14-22(19-13-17(25)11-12-23(19)29)28-24(27-21)18-5-3-4-6-20(18)26/h3-14,22,24,27-29H,2H2,1H3. The van der Waals surface area contributed by atoms with Gasteiger partial charge in [0.2, 0.25) is 0 Å². The van der Waals surface area contributed by atoms with E-state index in [2.05, 4.69) is 47.9 Å². The molecular weight excluding hydrogens is 403 g/mol. The minimum atomic E-state index is -0.239. The van der Waals surface area contributed by atoms with Crippen LogP contribution in [0.1, 0.15) is 41.4 Å². The molecule has 0 saturated heterocycles. The Balaban J connectivity index is 1.78. The number of phenolic OH excluding ortho intramolecular Hbond substituents is 1. The summed E-state index contributed by atoms with van der Waals surface area (Å²) in [6, 6.07) is 21.1. The van der Waals surface area contributed by atoms with Crippen molar-refractivity contribution >= 4 is 28.9 Å². The van der Waals surface area contributed by atoms with Crippen LogP contribution < -0.4 is 10.6 Å². The van der Waals surface area contributed by atoms with Gasteiger partial charge < -0.3 is 10.4 Å². The van der Waals surface area contributed by atoms with Crippen molar-refractivity contribution in [3.63, 3.8) is 0 Å². The van der Waals surface area contributed by atoms with Gasteiger partial charge >= 0.3 is 0 Å². The number of rotatable bonds is 4. The zero-order valence-corrected chi connectivity index (χ0v) is 17.5. The smallest absolute Gasteiger partial charge is 0.120 e. The SMILES string of the molecule is CCc1ccc(C2=CC(c3cc(Cl)ccc3O)NC(c3ccccc3Cl)N2)cc1. The summed E-state index contributed by atoms with van der Waals surface area (Å²) in [4.78, 5) is 0. The van der Waals surface area contributed by atoms with Crippen LogP contribution in [0.5, 0.6) is 5.75 Å². The van der Waals surface area contributed by atoms with Crippen molar-refractivity contribution in [2.45, 2.75) is 25.6 Å². The molecule has 0 amide bonds. The molecule has 5 heteroatoms. The lowest BCUT2D eigenvalue weighted by Gasteiger charge is -2.33. The van der Waals surface area contributed by atoms with Crippen LogP contribution in [0.2, 0.25) is 10.0 Å². The second kappa shape index (κ2) is 8.50. The zero-order chi connectivity index (χ0) is 20.4. The molecule has 3 N–H and O–H groups in total. The van der Waals surface area contributed by atoms with E-state index in [0.717, 1.165) is 28.8 Å². The highest BCUT2D eigenvalue weighted by atomic mass is 35.5. The molecule has 0 aliphatic carbocycles. The molecule has 1 heterocycles. The Hall–Kier alpha value is -2.46. The Morgan fingerprint density at radius 3 is 2.41 bits per heavy atom. The maximum absolute atomic E-state index is 10.4. The zero-order valence-electron chi connectivity index (χ0n) is 16.0. The second-order valence-electron chi connectivity index (χ2n) is 7.08. The predicted octanol–water partition coefficient (Wildman–Crippen LogP) is 6.24. The summed E-state index contributed by atoms with van der Waals surface area (Å²) < 4.78 is 0. The lowest BCUT2D eigenvalue weighted by Crippen LogP contribution is -2.39. The first-order chi connectivity index (χ1) is 14.0. The Morgan fingerprint density at radius 1 is 0.931 bits per heavy atom. The number of hydrogen-bond acceptors (Lipinski definition) is 3. The molecular formula is C24H22Cl2N2O. The molecule has 2 atom stereocenters. The third-order valence-corrected chi connectivity index (χ3v) is 5.77. The summed E-state index contributed by atoms with van der Waals surface area (Å²) in [7, 11) is 0. The first-order valence-electron chi connectivity index (χ1n) is 9.61. The first kappa shape index (κ1) is 19.8. The number of aryl methyl sites for hydroxylation is 1. The molecule has 0 aromatic heterocycles. The minimum absolute atomic E-state index is 0.198. The first-order valence-corrected chi connectivity index (χ1v) is 10.4. The average Bonchev–Trinajstić information content (AvgIpc) is 2.75. The van der Waals surface area contributed by atoms with Crippen molar-refractivity contribution in [1.29, 1.82) is 0 Å². The molecule has 3 aromatic carbocycles. The van der Waals surface area contributed by atoms with Crippen molar-refractivity contribution in [2.24, 2.45) is 0 Å². The largest absolute Gasteiger partial charge is 0.508 e. The van der Waals surface area contributed by atoms with Crippen LogP contribution in [-0.4, -0.2) is 5.11 Å². The van der Waals surface area contributed by atoms with Crippen LogP contribution in [0, 0.1) is 0 Å². The van der Waals surface area contributed by atoms with Gasteiger partial charge in [0.25, 0.3) is 0 Å². The normalized spacial score (nSPS) is 18.8. The summed E-state index contributed by atoms with van der Waals surface area (Å²) in [5.74, 6) is 0.198. The molecule has 0 spiro atoms. The fraction of sp³-hybridized carbons (Fsp3) is 0.167. The van der Waals surface area contributed by atoms with Crippen molar-refractivity contribution in [2.75, 3.05) is 0 Å². The van der Waals surface area contributed by atoms with Gasteiger partial charge in [0.15, 0.2) is 0 Å². The van der Waals surface area contributed by atoms with Gasteiger partial charge in [0.1, 0.15) is 11.9 Å². The fourth-order valence-corrected chi connectivity index (χ4v) is 4.00. The molecule has 2 unspecified atom stereocenters. The van der Waals surface area contributed by atoms with Crippen LogP contribution >= 0.6 is 23.2 Å². The van der Waals surface area contributed by atoms with Gasteiger partial charge in [0, 0.05) is 26.9 Å². The van der Waals surface area contributed by atoms with E-state index < -0.39 is 0 Å². The quantitative estimate of drug-likeness (QED) is 0.464. The van der Waals surface area contributed by atoms with E-state index in [1.807, 2.05) is 24.3 Å². The highest BCUT2D eigenvalue weighted by Crippen LogP contribution is 2.36. The van der Waals surface area contributed by atoms with Crippen LogP contribution in [0.3, 0.4) is 0 Å². The van der Waals surface area contributed by atoms with E-state index in [9.17, 15) is 5.11 Å². The van der Waals surface area contributed by atoms with Gasteiger partial charge in [-0.1, -0.05) is 72.6 Å². The number of benzene rings is 3. The summed E-state index contributed by atoms with van der Waals surface area (Å²) in [5.41, 5.74) is 5.00. The van der Waals surface area contributed by atoms with Crippen molar-refractivity contribution in [3.8, 4) is 5.75 Å². The third-order valence-electron chi connectivity index (χ3n) is 5.19. The summed E-state index contributed by atoms with van der Waals surface area (Å²) in [5, 5.41) is 18.8. The Bertz CT molecular complexity index is 1050. The average molecular weight is 425 g/mol. The molecule has 0 fully saturated rings. The van der Waals surface area contributed by atoms with Crippen LogP contribution in [0.4, 0.5) is 0 Å². The van der Waals surface area contributed by atoms with Crippen LogP contribution in [0.15, 0.2) is 72.8 Å². The Morgan fingerprint density at radius 2 is 1.69 bits per heavy atom. The number of halogens is 2. The maximum Gasteiger partial charge on any atom is 0.120 e. The second-order valence-corrected chi connectivity index (χ2v) is 7.92. The van der Waals surface area contributed by atoms with E-state index in [0.29, 0.717) is 10.0 Å². The molecule has 0 saturated carbocycles. The molecule has 1 aliphatic rings. The highest BCUT2D eigenvalue weighted by molar-refractivity contribution is 6.31. The lowest BCUT2D eigenvalue weighted by molar-refractivity contribution is 0.419. The maximum atomic E-state index is 10.4. The number of aromatic hydroxyl groups is 1. The highest BCUT2D eigenvalue weighted by Gasteiger charge is 2.26. The molecule has 4 rings (SSSR count). The minimum Gasteiger partial charge on any atom is -0.508 e. The third kappa shape index (κ3) is 4.27. The predicted molar refractivity (Wildman–Crippen MR) is 120 cm³/mol. The fourth-order valence-electron chi connectivity index (χ4n) is 3.57. The molecule has 3 aromatic rings. The van der Waals surface area contributed by atoms with Crippen molar-refractivity contribution in [1.82, 2.24) is 10.6 Å². The molecule has 148 valence electrons. The number of nitrogens with one attached hydrogen (secondary N) is 2. The van der Waals surface area contributed by atoms with E-state index in [1.165, 1.54) is 5.56 Å². The van der Waals surface area contributed by atoms with Crippen molar-refractivity contribution < 1.29 is 5.11 Å². The monoisotopic (exact) mass is 424 g/mol. The number of phenols is 1. The van der Waals surface area contributed by atoms with Gasteiger partial charge in [-0.15, -0.1) is 0 Å². The topological polar surface area (TPSA) is 44.3 Å². The molecule has 1 aliphatic heterocycles. The molecule has 0 radical (unpaired) electrons. The van der Waals surface area contributed by atoms with Gasteiger partial charge in [0.05, 0.1) is 6.04 Å². The Kier molecular flexibility index (Phi) is 5.81. The van der Waals surface area contributed by atoms with Gasteiger partial charge in [-0.25, -0.2) is 0 Å². The number of hydrogen-bond donors (Lipinski definition) is 3. The van der Waals surface area contributed by atoms with Gasteiger partial charge in [-0.05, 0) is 47.9 Å². The van der Waals surface area contributed by atoms with Crippen LogP contribution in [-0.2, 0) is 6.42 Å². The lowest BCUT2D eigenvalue weighted by atomic mass is 9.97. The summed E-state index contributed by atoms with van der Waals surface area (Å²) in [6.45, 7) is 2.14. The molecule has 29 heavy (non-hydrogen) atoms. The molecule has 0 bridgehead atoms.